The van der Waals surface area contributed by atoms with Crippen molar-refractivity contribution in [3.8, 4) is 0 Å². The topological polar surface area (TPSA) is 124 Å². The van der Waals surface area contributed by atoms with E-state index in [1.54, 1.807) is 91.0 Å². The molecule has 0 amide bonds. The van der Waals surface area contributed by atoms with Crippen LogP contribution in [0.3, 0.4) is 0 Å². The highest BCUT2D eigenvalue weighted by atomic mass is 16.8. The van der Waals surface area contributed by atoms with Crippen molar-refractivity contribution in [2.45, 2.75) is 31.5 Å². The Morgan fingerprint density at radius 2 is 1.10 bits per heavy atom. The van der Waals surface area contributed by atoms with Crippen LogP contribution in [0.15, 0.2) is 91.0 Å². The molecule has 0 radical (unpaired) electrons. The van der Waals surface area contributed by atoms with Gasteiger partial charge in [0.15, 0.2) is 19.0 Å². The number of hydrogen-bond donors (Lipinski definition) is 0. The van der Waals surface area contributed by atoms with E-state index in [1.807, 2.05) is 0 Å². The Labute approximate surface area is 224 Å². The Hall–Kier alpha value is -4.54. The van der Waals surface area contributed by atoms with Gasteiger partial charge in [0.05, 0.1) is 16.7 Å². The van der Waals surface area contributed by atoms with Crippen LogP contribution in [0.1, 0.15) is 38.0 Å². The fourth-order valence-electron chi connectivity index (χ4n) is 3.76. The molecule has 39 heavy (non-hydrogen) atoms. The van der Waals surface area contributed by atoms with Gasteiger partial charge in [0, 0.05) is 6.92 Å². The van der Waals surface area contributed by atoms with Gasteiger partial charge in [-0.05, 0) is 36.4 Å². The summed E-state index contributed by atoms with van der Waals surface area (Å²) in [5.74, 6) is -2.68. The average molecular weight is 535 g/mol. The molecule has 10 nitrogen and oxygen atoms in total. The monoisotopic (exact) mass is 534 g/mol. The third-order valence-corrected chi connectivity index (χ3v) is 5.66. The van der Waals surface area contributed by atoms with Gasteiger partial charge in [-0.3, -0.25) is 4.79 Å². The number of benzene rings is 3. The first-order chi connectivity index (χ1) is 18.9. The lowest BCUT2D eigenvalue weighted by Crippen LogP contribution is -2.42. The number of rotatable bonds is 10. The maximum absolute atomic E-state index is 13.0. The van der Waals surface area contributed by atoms with Crippen molar-refractivity contribution in [3.63, 3.8) is 0 Å². The van der Waals surface area contributed by atoms with Crippen molar-refractivity contribution in [1.29, 1.82) is 0 Å². The molecule has 1 saturated heterocycles. The molecular formula is C29H26O10. The van der Waals surface area contributed by atoms with E-state index in [9.17, 15) is 19.2 Å². The molecule has 10 heteroatoms. The molecule has 3 aromatic carbocycles. The fraction of sp³-hybridized carbons (Fsp3) is 0.241. The lowest BCUT2D eigenvalue weighted by Gasteiger charge is -2.24. The summed E-state index contributed by atoms with van der Waals surface area (Å²) in [5, 5.41) is 0. The SMILES string of the molecule is CC(=O)OCO[C@@H]1O[C@H](COC(=O)c2ccccc2)[C@@H](OC(=O)c2ccccc2)[C@H]1OC(=O)c1ccccc1. The summed E-state index contributed by atoms with van der Waals surface area (Å²) >= 11 is 0. The molecule has 0 unspecified atom stereocenters. The first-order valence-corrected chi connectivity index (χ1v) is 12.1. The van der Waals surface area contributed by atoms with Crippen LogP contribution in [0.2, 0.25) is 0 Å². The normalized spacial score (nSPS) is 20.0. The van der Waals surface area contributed by atoms with Crippen LogP contribution in [0.5, 0.6) is 0 Å². The summed E-state index contributed by atoms with van der Waals surface area (Å²) in [5.41, 5.74) is 0.793. The van der Waals surface area contributed by atoms with Crippen LogP contribution >= 0.6 is 0 Å². The predicted octanol–water partition coefficient (Wildman–Crippen LogP) is 3.56. The van der Waals surface area contributed by atoms with E-state index < -0.39 is 55.3 Å². The zero-order valence-electron chi connectivity index (χ0n) is 21.0. The maximum Gasteiger partial charge on any atom is 0.338 e. The highest BCUT2D eigenvalue weighted by molar-refractivity contribution is 5.91. The molecule has 1 fully saturated rings. The zero-order chi connectivity index (χ0) is 27.6. The molecule has 1 aliphatic rings. The van der Waals surface area contributed by atoms with Crippen LogP contribution in [-0.4, -0.2) is 61.9 Å². The second-order valence-electron chi connectivity index (χ2n) is 8.40. The van der Waals surface area contributed by atoms with E-state index in [0.29, 0.717) is 5.56 Å². The van der Waals surface area contributed by atoms with Crippen molar-refractivity contribution >= 4 is 23.9 Å². The largest absolute Gasteiger partial charge is 0.459 e. The predicted molar refractivity (Wildman–Crippen MR) is 134 cm³/mol. The second kappa shape index (κ2) is 13.3. The highest BCUT2D eigenvalue weighted by Gasteiger charge is 2.51. The third-order valence-electron chi connectivity index (χ3n) is 5.66. The van der Waals surface area contributed by atoms with Gasteiger partial charge in [-0.1, -0.05) is 54.6 Å². The van der Waals surface area contributed by atoms with Crippen molar-refractivity contribution in [2.75, 3.05) is 13.4 Å². The maximum atomic E-state index is 13.0. The smallest absolute Gasteiger partial charge is 0.338 e. The summed E-state index contributed by atoms with van der Waals surface area (Å²) in [6.07, 6.45) is -4.93. The fourth-order valence-corrected chi connectivity index (χ4v) is 3.76. The quantitative estimate of drug-likeness (QED) is 0.217. The second-order valence-corrected chi connectivity index (χ2v) is 8.40. The lowest BCUT2D eigenvalue weighted by atomic mass is 10.1. The van der Waals surface area contributed by atoms with Crippen molar-refractivity contribution < 1.29 is 47.6 Å². The Morgan fingerprint density at radius 3 is 1.59 bits per heavy atom. The molecule has 1 aliphatic heterocycles. The molecule has 0 saturated carbocycles. The van der Waals surface area contributed by atoms with Gasteiger partial charge in [0.2, 0.25) is 6.29 Å². The summed E-state index contributed by atoms with van der Waals surface area (Å²) in [4.78, 5) is 49.7. The van der Waals surface area contributed by atoms with E-state index in [0.717, 1.165) is 0 Å². The lowest BCUT2D eigenvalue weighted by molar-refractivity contribution is -0.213. The van der Waals surface area contributed by atoms with Crippen LogP contribution in [0, 0.1) is 0 Å². The molecule has 4 atom stereocenters. The summed E-state index contributed by atoms with van der Waals surface area (Å²) in [6.45, 7) is 0.324. The van der Waals surface area contributed by atoms with Crippen LogP contribution in [0.4, 0.5) is 0 Å². The summed E-state index contributed by atoms with van der Waals surface area (Å²) in [7, 11) is 0. The zero-order valence-corrected chi connectivity index (χ0v) is 21.0. The summed E-state index contributed by atoms with van der Waals surface area (Å²) in [6, 6.07) is 24.6. The Morgan fingerprint density at radius 1 is 0.641 bits per heavy atom. The van der Waals surface area contributed by atoms with Gasteiger partial charge >= 0.3 is 23.9 Å². The Kier molecular flexibility index (Phi) is 9.39. The number of hydrogen-bond acceptors (Lipinski definition) is 10. The molecule has 0 N–H and O–H groups in total. The molecule has 0 bridgehead atoms. The summed E-state index contributed by atoms with van der Waals surface area (Å²) < 4.78 is 33.1. The minimum absolute atomic E-state index is 0.239. The van der Waals surface area contributed by atoms with Crippen molar-refractivity contribution in [1.82, 2.24) is 0 Å². The first kappa shape index (κ1) is 27.5. The highest BCUT2D eigenvalue weighted by Crippen LogP contribution is 2.30. The number of ether oxygens (including phenoxy) is 6. The average Bonchev–Trinajstić information content (AvgIpc) is 3.28. The molecule has 0 aliphatic carbocycles. The number of esters is 4. The molecule has 202 valence electrons. The Bertz CT molecular complexity index is 1260. The van der Waals surface area contributed by atoms with Crippen molar-refractivity contribution in [2.24, 2.45) is 0 Å². The molecule has 0 aromatic heterocycles. The van der Waals surface area contributed by atoms with E-state index in [2.05, 4.69) is 0 Å². The van der Waals surface area contributed by atoms with Gasteiger partial charge in [-0.2, -0.15) is 0 Å². The first-order valence-electron chi connectivity index (χ1n) is 12.1. The third kappa shape index (κ3) is 7.50. The van der Waals surface area contributed by atoms with Crippen LogP contribution in [-0.2, 0) is 33.2 Å². The van der Waals surface area contributed by atoms with Gasteiger partial charge in [0.1, 0.15) is 12.7 Å². The van der Waals surface area contributed by atoms with Crippen molar-refractivity contribution in [3.05, 3.63) is 108 Å². The number of carbonyl (C=O) groups is 4. The molecule has 0 spiro atoms. The minimum atomic E-state index is -1.31. The van der Waals surface area contributed by atoms with E-state index in [4.69, 9.17) is 28.4 Å². The number of carbonyl (C=O) groups excluding carboxylic acids is 4. The minimum Gasteiger partial charge on any atom is -0.459 e. The van der Waals surface area contributed by atoms with Crippen LogP contribution in [0.25, 0.3) is 0 Å². The Balaban J connectivity index is 1.58. The van der Waals surface area contributed by atoms with Gasteiger partial charge in [0.25, 0.3) is 0 Å². The molecular weight excluding hydrogens is 508 g/mol. The van der Waals surface area contributed by atoms with E-state index in [1.165, 1.54) is 6.92 Å². The van der Waals surface area contributed by atoms with Gasteiger partial charge < -0.3 is 28.4 Å². The molecule has 4 rings (SSSR count). The van der Waals surface area contributed by atoms with Crippen LogP contribution < -0.4 is 0 Å². The standard InChI is InChI=1S/C29H26O10/c1-19(30)35-18-36-29-25(39-28(33)22-15-9-4-10-16-22)24(38-27(32)21-13-7-3-8-14-21)23(37-29)17-34-26(31)20-11-5-2-6-12-20/h2-16,23-25,29H,17-18H2,1H3/t23-,24-,25-,29-/m1/s1. The van der Waals surface area contributed by atoms with E-state index in [-0.39, 0.29) is 17.7 Å². The van der Waals surface area contributed by atoms with E-state index >= 15 is 0 Å². The van der Waals surface area contributed by atoms with Gasteiger partial charge in [-0.25, -0.2) is 14.4 Å². The molecule has 1 heterocycles. The molecule has 3 aromatic rings. The van der Waals surface area contributed by atoms with Gasteiger partial charge in [-0.15, -0.1) is 0 Å².